The third-order valence-corrected chi connectivity index (χ3v) is 3.33. The van der Waals surface area contributed by atoms with E-state index >= 15 is 0 Å². The van der Waals surface area contributed by atoms with Gasteiger partial charge in [0, 0.05) is 17.4 Å². The molecule has 20 heavy (non-hydrogen) atoms. The number of rotatable bonds is 1. The highest BCUT2D eigenvalue weighted by Gasteiger charge is 2.26. The van der Waals surface area contributed by atoms with Crippen LogP contribution in [0, 0.1) is 0 Å². The van der Waals surface area contributed by atoms with Gasteiger partial charge in [-0.3, -0.25) is 4.79 Å². The molecule has 1 N–H and O–H groups in total. The fourth-order valence-electron chi connectivity index (χ4n) is 2.23. The van der Waals surface area contributed by atoms with E-state index in [-0.39, 0.29) is 11.5 Å². The third kappa shape index (κ3) is 2.07. The molecule has 100 valence electrons. The number of para-hydroxylation sites is 1. The van der Waals surface area contributed by atoms with E-state index < -0.39 is 0 Å². The Morgan fingerprint density at radius 2 is 2.00 bits per heavy atom. The number of hydrogen-bond acceptors (Lipinski definition) is 3. The molecule has 2 aromatic rings. The first-order valence-corrected chi connectivity index (χ1v) is 6.54. The van der Waals surface area contributed by atoms with Gasteiger partial charge in [0.1, 0.15) is 17.1 Å². The third-order valence-electron chi connectivity index (χ3n) is 3.33. The molecule has 1 heterocycles. The summed E-state index contributed by atoms with van der Waals surface area (Å²) in [7, 11) is 0. The van der Waals surface area contributed by atoms with Gasteiger partial charge in [-0.05, 0) is 24.3 Å². The van der Waals surface area contributed by atoms with Crippen LogP contribution in [0.4, 0.5) is 0 Å². The fourth-order valence-corrected chi connectivity index (χ4v) is 2.23. The van der Waals surface area contributed by atoms with E-state index in [1.165, 1.54) is 11.5 Å². The zero-order chi connectivity index (χ0) is 14.1. The summed E-state index contributed by atoms with van der Waals surface area (Å²) in [6, 6.07) is 10.2. The van der Waals surface area contributed by atoms with Crippen molar-refractivity contribution in [2.45, 2.75) is 13.3 Å². The first kappa shape index (κ1) is 12.5. The van der Waals surface area contributed by atoms with Crippen molar-refractivity contribution >= 4 is 16.8 Å². The molecule has 4 rings (SSSR count). The Balaban J connectivity index is 0.000000123. The minimum absolute atomic E-state index is 0.0486. The van der Waals surface area contributed by atoms with Crippen LogP contribution in [0.2, 0.25) is 0 Å². The maximum atomic E-state index is 10.8. The zero-order valence-corrected chi connectivity index (χ0v) is 11.1. The number of aliphatic hydroxyl groups is 1. The van der Waals surface area contributed by atoms with Crippen LogP contribution in [0.25, 0.3) is 11.0 Å². The van der Waals surface area contributed by atoms with E-state index in [1.807, 2.05) is 18.2 Å². The monoisotopic (exact) mass is 266 g/mol. The summed E-state index contributed by atoms with van der Waals surface area (Å²) in [5.41, 5.74) is 2.02. The molecule has 2 aliphatic carbocycles. The Morgan fingerprint density at radius 3 is 2.50 bits per heavy atom. The first-order chi connectivity index (χ1) is 9.69. The molecule has 0 saturated carbocycles. The molecule has 0 radical (unpaired) electrons. The molecule has 2 bridgehead atoms. The lowest BCUT2D eigenvalue weighted by Gasteiger charge is -1.86. The number of allylic oxidation sites excluding steroid dienone is 5. The van der Waals surface area contributed by atoms with Crippen molar-refractivity contribution in [1.82, 2.24) is 0 Å². The van der Waals surface area contributed by atoms with Crippen LogP contribution in [-0.4, -0.2) is 10.9 Å². The molecule has 0 saturated heterocycles. The van der Waals surface area contributed by atoms with E-state index in [9.17, 15) is 4.79 Å². The Bertz CT molecular complexity index is 739. The number of carbonyl (C=O) groups is 1. The van der Waals surface area contributed by atoms with Crippen molar-refractivity contribution < 1.29 is 14.3 Å². The SMILES string of the molecule is CCc1cc2ccccc2o1.O=C1C2=CC(O)=C1C=C2. The standard InChI is InChI=1S/C10H10O.C7H4O2/c1-2-9-7-8-5-3-4-6-10(8)11-9;8-6-3-4-1-2-5(6)7(4)9/h3-7H,2H2,1H3;1-3,8H. The van der Waals surface area contributed by atoms with Crippen LogP contribution in [-0.2, 0) is 11.2 Å². The molecule has 1 aromatic heterocycles. The van der Waals surface area contributed by atoms with Gasteiger partial charge in [0.05, 0.1) is 5.57 Å². The number of aliphatic hydroxyl groups excluding tert-OH is 1. The summed E-state index contributed by atoms with van der Waals surface area (Å²) < 4.78 is 5.52. The van der Waals surface area contributed by atoms with Crippen LogP contribution < -0.4 is 0 Å². The molecule has 1 aromatic carbocycles. The Kier molecular flexibility index (Phi) is 3.03. The van der Waals surface area contributed by atoms with Crippen LogP contribution in [0.1, 0.15) is 12.7 Å². The molecule has 0 atom stereocenters. The lowest BCUT2D eigenvalue weighted by molar-refractivity contribution is -0.111. The summed E-state index contributed by atoms with van der Waals surface area (Å²) in [6.45, 7) is 2.09. The predicted octanol–water partition coefficient (Wildman–Crippen LogP) is 3.87. The number of fused-ring (bicyclic) bond motifs is 3. The largest absolute Gasteiger partial charge is 0.507 e. The highest BCUT2D eigenvalue weighted by molar-refractivity contribution is 6.18. The van der Waals surface area contributed by atoms with Crippen molar-refractivity contribution in [2.24, 2.45) is 0 Å². The topological polar surface area (TPSA) is 50.4 Å². The fraction of sp³-hybridized carbons (Fsp3) is 0.118. The van der Waals surface area contributed by atoms with Gasteiger partial charge in [-0.2, -0.15) is 0 Å². The van der Waals surface area contributed by atoms with Crippen molar-refractivity contribution in [3.8, 4) is 0 Å². The van der Waals surface area contributed by atoms with Gasteiger partial charge in [0.25, 0.3) is 0 Å². The highest BCUT2D eigenvalue weighted by Crippen LogP contribution is 2.28. The number of ketones is 1. The van der Waals surface area contributed by atoms with Gasteiger partial charge in [-0.1, -0.05) is 31.2 Å². The van der Waals surface area contributed by atoms with Crippen molar-refractivity contribution in [3.63, 3.8) is 0 Å². The second-order valence-corrected chi connectivity index (χ2v) is 4.67. The Hall–Kier alpha value is -2.55. The van der Waals surface area contributed by atoms with E-state index in [0.717, 1.165) is 17.8 Å². The zero-order valence-electron chi connectivity index (χ0n) is 11.1. The second kappa shape index (κ2) is 4.85. The lowest BCUT2D eigenvalue weighted by atomic mass is 10.2. The van der Waals surface area contributed by atoms with Gasteiger partial charge >= 0.3 is 0 Å². The summed E-state index contributed by atoms with van der Waals surface area (Å²) in [5.74, 6) is 1.12. The quantitative estimate of drug-likeness (QED) is 0.852. The molecule has 3 nitrogen and oxygen atoms in total. The number of carbonyl (C=O) groups excluding carboxylic acids is 1. The highest BCUT2D eigenvalue weighted by atomic mass is 16.3. The molecule has 2 aliphatic rings. The number of furan rings is 1. The van der Waals surface area contributed by atoms with Crippen LogP contribution >= 0.6 is 0 Å². The molecule has 0 spiro atoms. The molecule has 0 fully saturated rings. The smallest absolute Gasteiger partial charge is 0.196 e. The Morgan fingerprint density at radius 1 is 1.20 bits per heavy atom. The van der Waals surface area contributed by atoms with Crippen LogP contribution in [0.5, 0.6) is 0 Å². The second-order valence-electron chi connectivity index (χ2n) is 4.67. The maximum Gasteiger partial charge on any atom is 0.196 e. The summed E-state index contributed by atoms with van der Waals surface area (Å²) in [6.07, 6.45) is 5.79. The lowest BCUT2D eigenvalue weighted by Crippen LogP contribution is -1.90. The van der Waals surface area contributed by atoms with Gasteiger partial charge < -0.3 is 9.52 Å². The molecular formula is C17H14O3. The van der Waals surface area contributed by atoms with E-state index in [0.29, 0.717) is 11.1 Å². The summed E-state index contributed by atoms with van der Waals surface area (Å²) in [4.78, 5) is 10.8. The van der Waals surface area contributed by atoms with Crippen LogP contribution in [0.15, 0.2) is 69.9 Å². The number of aryl methyl sites for hydroxylation is 1. The van der Waals surface area contributed by atoms with E-state index in [2.05, 4.69) is 19.1 Å². The molecule has 0 amide bonds. The number of hydrogen-bond donors (Lipinski definition) is 1. The molecule has 3 heteroatoms. The van der Waals surface area contributed by atoms with Gasteiger partial charge in [-0.15, -0.1) is 0 Å². The first-order valence-electron chi connectivity index (χ1n) is 6.54. The maximum absolute atomic E-state index is 10.8. The van der Waals surface area contributed by atoms with Gasteiger partial charge in [0.15, 0.2) is 5.78 Å². The van der Waals surface area contributed by atoms with E-state index in [4.69, 9.17) is 9.52 Å². The normalized spacial score (nSPS) is 15.7. The summed E-state index contributed by atoms with van der Waals surface area (Å²) in [5, 5.41) is 10.1. The Labute approximate surface area is 116 Å². The predicted molar refractivity (Wildman–Crippen MR) is 77.5 cm³/mol. The minimum Gasteiger partial charge on any atom is -0.507 e. The minimum atomic E-state index is -0.0486. The molecule has 0 unspecified atom stereocenters. The molecular weight excluding hydrogens is 252 g/mol. The molecule has 0 aliphatic heterocycles. The van der Waals surface area contributed by atoms with Crippen LogP contribution in [0.3, 0.4) is 0 Å². The van der Waals surface area contributed by atoms with Crippen molar-refractivity contribution in [2.75, 3.05) is 0 Å². The van der Waals surface area contributed by atoms with Crippen molar-refractivity contribution in [3.05, 3.63) is 71.2 Å². The van der Waals surface area contributed by atoms with Gasteiger partial charge in [-0.25, -0.2) is 0 Å². The number of Topliss-reactive ketones (excluding diaryl/α,β-unsaturated/α-hetero) is 1. The summed E-state index contributed by atoms with van der Waals surface area (Å²) >= 11 is 0. The average Bonchev–Trinajstić information content (AvgIpc) is 3.11. The van der Waals surface area contributed by atoms with E-state index in [1.54, 1.807) is 12.2 Å². The van der Waals surface area contributed by atoms with Crippen molar-refractivity contribution in [1.29, 1.82) is 0 Å². The number of benzene rings is 1. The van der Waals surface area contributed by atoms with Gasteiger partial charge in [0.2, 0.25) is 0 Å². The average molecular weight is 266 g/mol.